The van der Waals surface area contributed by atoms with E-state index in [-0.39, 0.29) is 11.1 Å². The number of nitriles is 1. The summed E-state index contributed by atoms with van der Waals surface area (Å²) in [5.74, 6) is -0.745. The summed E-state index contributed by atoms with van der Waals surface area (Å²) in [6.07, 6.45) is 0. The molecule has 0 aliphatic heterocycles. The minimum atomic E-state index is -0.778. The number of fused-ring (bicyclic) bond motifs is 1. The summed E-state index contributed by atoms with van der Waals surface area (Å²) < 4.78 is 9.41. The van der Waals surface area contributed by atoms with Crippen molar-refractivity contribution in [2.45, 2.75) is 0 Å². The van der Waals surface area contributed by atoms with Crippen molar-refractivity contribution < 1.29 is 13.9 Å². The summed E-state index contributed by atoms with van der Waals surface area (Å²) in [6.45, 7) is 0. The number of nitrogens with zero attached hydrogens (tertiary/aromatic N) is 1. The Morgan fingerprint density at radius 2 is 2.18 bits per heavy atom. The molecule has 0 radical (unpaired) electrons. The van der Waals surface area contributed by atoms with Crippen molar-refractivity contribution in [2.24, 2.45) is 0 Å². The van der Waals surface area contributed by atoms with Crippen LogP contribution in [0.25, 0.3) is 11.0 Å². The summed E-state index contributed by atoms with van der Waals surface area (Å²) in [7, 11) is 1.19. The monoisotopic (exact) mass is 229 g/mol. The van der Waals surface area contributed by atoms with Gasteiger partial charge in [-0.3, -0.25) is 0 Å². The van der Waals surface area contributed by atoms with Gasteiger partial charge < -0.3 is 9.15 Å². The van der Waals surface area contributed by atoms with Gasteiger partial charge in [0.2, 0.25) is 0 Å². The van der Waals surface area contributed by atoms with Gasteiger partial charge in [-0.1, -0.05) is 0 Å². The van der Waals surface area contributed by atoms with Crippen LogP contribution in [0.4, 0.5) is 0 Å². The van der Waals surface area contributed by atoms with Gasteiger partial charge in [0, 0.05) is 5.39 Å². The topological polar surface area (TPSA) is 80.3 Å². The number of benzene rings is 1. The molecule has 84 valence electrons. The standard InChI is InChI=1S/C12H7NO4/c1-16-11(14)9-5-8-3-2-7(6-13)4-10(8)17-12(9)15/h2-5H,1H3. The molecule has 2 aromatic rings. The number of hydrogen-bond donors (Lipinski definition) is 0. The third kappa shape index (κ3) is 1.88. The number of rotatable bonds is 1. The van der Waals surface area contributed by atoms with Crippen LogP contribution < -0.4 is 5.63 Å². The fourth-order valence-electron chi connectivity index (χ4n) is 1.43. The first-order chi connectivity index (χ1) is 8.15. The Kier molecular flexibility index (Phi) is 2.63. The van der Waals surface area contributed by atoms with Gasteiger partial charge in [0.15, 0.2) is 0 Å². The van der Waals surface area contributed by atoms with E-state index in [0.29, 0.717) is 10.9 Å². The van der Waals surface area contributed by atoms with Gasteiger partial charge in [0.25, 0.3) is 0 Å². The maximum absolute atomic E-state index is 11.5. The van der Waals surface area contributed by atoms with Gasteiger partial charge in [0.1, 0.15) is 11.1 Å². The second-order valence-electron chi connectivity index (χ2n) is 3.30. The van der Waals surface area contributed by atoms with E-state index in [9.17, 15) is 9.59 Å². The van der Waals surface area contributed by atoms with E-state index in [0.717, 1.165) is 0 Å². The van der Waals surface area contributed by atoms with E-state index in [2.05, 4.69) is 4.74 Å². The molecule has 2 rings (SSSR count). The molecule has 0 saturated carbocycles. The Labute approximate surface area is 95.8 Å². The molecule has 1 aromatic heterocycles. The molecule has 0 atom stereocenters. The molecule has 0 N–H and O–H groups in total. The summed E-state index contributed by atoms with van der Waals surface area (Å²) in [5, 5.41) is 9.26. The molecule has 1 aromatic carbocycles. The van der Waals surface area contributed by atoms with E-state index < -0.39 is 11.6 Å². The molecule has 0 aliphatic carbocycles. The largest absolute Gasteiger partial charge is 0.465 e. The summed E-state index contributed by atoms with van der Waals surface area (Å²) in [4.78, 5) is 22.7. The molecule has 0 spiro atoms. The minimum absolute atomic E-state index is 0.162. The summed E-state index contributed by atoms with van der Waals surface area (Å²) in [6, 6.07) is 7.93. The van der Waals surface area contributed by atoms with E-state index in [1.165, 1.54) is 19.2 Å². The summed E-state index contributed by atoms with van der Waals surface area (Å²) in [5.41, 5.74) is -0.294. The van der Waals surface area contributed by atoms with Crippen LogP contribution >= 0.6 is 0 Å². The molecular weight excluding hydrogens is 222 g/mol. The zero-order valence-electron chi connectivity index (χ0n) is 8.89. The number of hydrogen-bond acceptors (Lipinski definition) is 5. The van der Waals surface area contributed by atoms with Crippen LogP contribution in [0.2, 0.25) is 0 Å². The van der Waals surface area contributed by atoms with Gasteiger partial charge in [-0.05, 0) is 24.3 Å². The van der Waals surface area contributed by atoms with Gasteiger partial charge in [-0.2, -0.15) is 5.26 Å². The number of carbonyl (C=O) groups excluding carboxylic acids is 1. The highest BCUT2D eigenvalue weighted by Crippen LogP contribution is 2.15. The lowest BCUT2D eigenvalue weighted by Crippen LogP contribution is -2.14. The fourth-order valence-corrected chi connectivity index (χ4v) is 1.43. The van der Waals surface area contributed by atoms with E-state index in [4.69, 9.17) is 9.68 Å². The molecule has 0 unspecified atom stereocenters. The first-order valence-electron chi connectivity index (χ1n) is 4.72. The van der Waals surface area contributed by atoms with E-state index >= 15 is 0 Å². The van der Waals surface area contributed by atoms with Crippen LogP contribution in [0.5, 0.6) is 0 Å². The van der Waals surface area contributed by atoms with Crippen LogP contribution in [-0.4, -0.2) is 13.1 Å². The Morgan fingerprint density at radius 3 is 2.82 bits per heavy atom. The first-order valence-corrected chi connectivity index (χ1v) is 4.72. The Bertz CT molecular complexity index is 694. The Balaban J connectivity index is 2.71. The molecule has 5 heteroatoms. The molecule has 0 aliphatic rings. The van der Waals surface area contributed by atoms with Crippen LogP contribution in [0, 0.1) is 11.3 Å². The average molecular weight is 229 g/mol. The molecule has 0 saturated heterocycles. The molecule has 17 heavy (non-hydrogen) atoms. The molecule has 0 bridgehead atoms. The van der Waals surface area contributed by atoms with Crippen molar-refractivity contribution >= 4 is 16.9 Å². The van der Waals surface area contributed by atoms with E-state index in [1.54, 1.807) is 12.1 Å². The number of methoxy groups -OCH3 is 1. The lowest BCUT2D eigenvalue weighted by molar-refractivity contribution is 0.0596. The smallest absolute Gasteiger partial charge is 0.351 e. The second kappa shape index (κ2) is 4.10. The lowest BCUT2D eigenvalue weighted by Gasteiger charge is -2.00. The fraction of sp³-hybridized carbons (Fsp3) is 0.0833. The quantitative estimate of drug-likeness (QED) is 0.546. The Morgan fingerprint density at radius 1 is 1.41 bits per heavy atom. The van der Waals surface area contributed by atoms with Crippen molar-refractivity contribution in [2.75, 3.05) is 7.11 Å². The predicted molar refractivity (Wildman–Crippen MR) is 58.5 cm³/mol. The van der Waals surface area contributed by atoms with Gasteiger partial charge >= 0.3 is 11.6 Å². The zero-order chi connectivity index (χ0) is 12.4. The van der Waals surface area contributed by atoms with Gasteiger partial charge in [-0.15, -0.1) is 0 Å². The van der Waals surface area contributed by atoms with Crippen molar-refractivity contribution in [3.8, 4) is 6.07 Å². The van der Waals surface area contributed by atoms with Crippen molar-refractivity contribution in [3.63, 3.8) is 0 Å². The van der Waals surface area contributed by atoms with Gasteiger partial charge in [0.05, 0.1) is 18.7 Å². The third-order valence-electron chi connectivity index (χ3n) is 2.27. The van der Waals surface area contributed by atoms with Gasteiger partial charge in [-0.25, -0.2) is 9.59 Å². The lowest BCUT2D eigenvalue weighted by atomic mass is 10.1. The molecular formula is C12H7NO4. The maximum atomic E-state index is 11.5. The summed E-state index contributed by atoms with van der Waals surface area (Å²) >= 11 is 0. The Hall–Kier alpha value is -2.61. The van der Waals surface area contributed by atoms with E-state index in [1.807, 2.05) is 6.07 Å². The van der Waals surface area contributed by atoms with Crippen LogP contribution in [0.3, 0.4) is 0 Å². The maximum Gasteiger partial charge on any atom is 0.351 e. The minimum Gasteiger partial charge on any atom is -0.465 e. The van der Waals surface area contributed by atoms with Crippen molar-refractivity contribution in [1.82, 2.24) is 0 Å². The van der Waals surface area contributed by atoms with Crippen LogP contribution in [0.15, 0.2) is 33.5 Å². The predicted octanol–water partition coefficient (Wildman–Crippen LogP) is 1.45. The molecule has 0 fully saturated rings. The van der Waals surface area contributed by atoms with Crippen molar-refractivity contribution in [1.29, 1.82) is 5.26 Å². The second-order valence-corrected chi connectivity index (χ2v) is 3.30. The van der Waals surface area contributed by atoms with Crippen LogP contribution in [-0.2, 0) is 4.74 Å². The number of esters is 1. The molecule has 1 heterocycles. The van der Waals surface area contributed by atoms with Crippen LogP contribution in [0.1, 0.15) is 15.9 Å². The molecule has 0 amide bonds. The highest BCUT2D eigenvalue weighted by molar-refractivity contribution is 5.92. The highest BCUT2D eigenvalue weighted by atomic mass is 16.5. The third-order valence-corrected chi connectivity index (χ3v) is 2.27. The first kappa shape index (κ1) is 10.9. The highest BCUT2D eigenvalue weighted by Gasteiger charge is 2.13. The average Bonchev–Trinajstić information content (AvgIpc) is 2.36. The normalized spacial score (nSPS) is 9.88. The number of carbonyl (C=O) groups is 1. The SMILES string of the molecule is COC(=O)c1cc2ccc(C#N)cc2oc1=O. The molecule has 5 nitrogen and oxygen atoms in total. The van der Waals surface area contributed by atoms with Crippen molar-refractivity contribution in [3.05, 3.63) is 45.8 Å². The zero-order valence-corrected chi connectivity index (χ0v) is 8.89. The number of ether oxygens (including phenoxy) is 1.